The minimum absolute atomic E-state index is 0.112. The molecule has 1 amide bonds. The van der Waals surface area contributed by atoms with Crippen LogP contribution in [0.25, 0.3) is 15.9 Å². The fourth-order valence-corrected chi connectivity index (χ4v) is 6.85. The third-order valence-corrected chi connectivity index (χ3v) is 9.15. The second kappa shape index (κ2) is 11.3. The van der Waals surface area contributed by atoms with Gasteiger partial charge in [-0.2, -0.15) is 0 Å². The van der Waals surface area contributed by atoms with Crippen LogP contribution in [0.4, 0.5) is 0 Å². The van der Waals surface area contributed by atoms with Crippen molar-refractivity contribution in [3.8, 4) is 17.2 Å². The number of aryl methyl sites for hydroxylation is 1. The number of hydrogen-bond acceptors (Lipinski definition) is 10. The summed E-state index contributed by atoms with van der Waals surface area (Å²) in [6.45, 7) is 5.74. The Kier molecular flexibility index (Phi) is 7.18. The molecule has 10 nitrogen and oxygen atoms in total. The molecule has 0 bridgehead atoms. The normalized spacial score (nSPS) is 15.0. The van der Waals surface area contributed by atoms with Crippen molar-refractivity contribution in [2.75, 3.05) is 33.0 Å². The van der Waals surface area contributed by atoms with Crippen LogP contribution in [0.5, 0.6) is 11.5 Å². The van der Waals surface area contributed by atoms with Crippen LogP contribution in [0, 0.1) is 6.92 Å². The first-order chi connectivity index (χ1) is 20.5. The van der Waals surface area contributed by atoms with Crippen molar-refractivity contribution in [3.63, 3.8) is 0 Å². The molecular weight excluding hydrogens is 574 g/mol. The molecule has 3 aromatic heterocycles. The molecule has 7 rings (SSSR count). The number of thioether (sulfide) groups is 1. The summed E-state index contributed by atoms with van der Waals surface area (Å²) in [5.74, 6) is 2.14. The standard InChI is InChI=1S/C30H27N5O5S2/c1-19-4-2-3-5-23(19)35-28(36)21-8-13-41-27(21)32-30(35)42-17-26-31-22(16-38-26)29(37)34-11-9-33(10-12-34)15-20-6-7-24-25(14-20)40-18-39-24/h2-8,13-14,16H,9-12,15,17-18H2,1H3. The predicted molar refractivity (Wildman–Crippen MR) is 160 cm³/mol. The van der Waals surface area contributed by atoms with Crippen molar-refractivity contribution in [3.05, 3.63) is 93.2 Å². The quantitative estimate of drug-likeness (QED) is 0.194. The molecule has 0 spiro atoms. The molecule has 0 aliphatic carbocycles. The number of ether oxygens (including phenoxy) is 2. The van der Waals surface area contributed by atoms with E-state index in [9.17, 15) is 9.59 Å². The average molecular weight is 602 g/mol. The monoisotopic (exact) mass is 601 g/mol. The molecule has 1 fully saturated rings. The van der Waals surface area contributed by atoms with E-state index in [-0.39, 0.29) is 24.0 Å². The third-order valence-electron chi connectivity index (χ3n) is 7.42. The van der Waals surface area contributed by atoms with E-state index < -0.39 is 0 Å². The van der Waals surface area contributed by atoms with Gasteiger partial charge in [0.25, 0.3) is 11.5 Å². The highest BCUT2D eigenvalue weighted by molar-refractivity contribution is 7.98. The largest absolute Gasteiger partial charge is 0.454 e. The number of para-hydroxylation sites is 1. The fourth-order valence-electron chi connectivity index (χ4n) is 5.19. The molecule has 2 aromatic carbocycles. The maximum Gasteiger partial charge on any atom is 0.275 e. The molecule has 42 heavy (non-hydrogen) atoms. The second-order valence-electron chi connectivity index (χ2n) is 10.1. The highest BCUT2D eigenvalue weighted by atomic mass is 32.2. The number of benzene rings is 2. The van der Waals surface area contributed by atoms with Crippen LogP contribution in [-0.2, 0) is 12.3 Å². The van der Waals surface area contributed by atoms with Crippen LogP contribution >= 0.6 is 23.1 Å². The molecule has 5 aromatic rings. The third kappa shape index (κ3) is 5.17. The molecule has 2 aliphatic rings. The molecule has 1 saturated heterocycles. The number of carbonyl (C=O) groups is 1. The molecule has 214 valence electrons. The lowest BCUT2D eigenvalue weighted by atomic mass is 10.1. The molecule has 0 radical (unpaired) electrons. The number of nitrogens with zero attached hydrogens (tertiary/aromatic N) is 5. The van der Waals surface area contributed by atoms with Gasteiger partial charge in [0.2, 0.25) is 12.7 Å². The fraction of sp³-hybridized carbons (Fsp3) is 0.267. The molecule has 0 unspecified atom stereocenters. The molecule has 2 aliphatic heterocycles. The summed E-state index contributed by atoms with van der Waals surface area (Å²) in [7, 11) is 0. The summed E-state index contributed by atoms with van der Waals surface area (Å²) in [6, 6.07) is 15.5. The number of hydrogen-bond donors (Lipinski definition) is 0. The number of thiophene rings is 1. The van der Waals surface area contributed by atoms with Gasteiger partial charge in [-0.05, 0) is 47.7 Å². The van der Waals surface area contributed by atoms with Crippen molar-refractivity contribution >= 4 is 39.2 Å². The predicted octanol–water partition coefficient (Wildman–Crippen LogP) is 4.72. The van der Waals surface area contributed by atoms with Crippen molar-refractivity contribution in [1.82, 2.24) is 24.3 Å². The SMILES string of the molecule is Cc1ccccc1-n1c(SCc2nc(C(=O)N3CCN(Cc4ccc5c(c4)OCO5)CC3)co2)nc2sccc2c1=O. The zero-order valence-corrected chi connectivity index (χ0v) is 24.5. The van der Waals surface area contributed by atoms with Gasteiger partial charge in [0, 0.05) is 32.7 Å². The summed E-state index contributed by atoms with van der Waals surface area (Å²) < 4.78 is 18.2. The number of carbonyl (C=O) groups excluding carboxylic acids is 1. The number of fused-ring (bicyclic) bond motifs is 2. The van der Waals surface area contributed by atoms with Crippen LogP contribution in [-0.4, -0.2) is 63.2 Å². The van der Waals surface area contributed by atoms with Crippen LogP contribution in [0.3, 0.4) is 0 Å². The molecule has 0 saturated carbocycles. The Morgan fingerprint density at radius 2 is 1.86 bits per heavy atom. The van der Waals surface area contributed by atoms with E-state index in [0.29, 0.717) is 40.1 Å². The first-order valence-electron chi connectivity index (χ1n) is 13.6. The van der Waals surface area contributed by atoms with E-state index in [1.165, 1.54) is 29.4 Å². The molecule has 0 N–H and O–H groups in total. The number of oxazole rings is 1. The number of amides is 1. The smallest absolute Gasteiger partial charge is 0.275 e. The maximum absolute atomic E-state index is 13.4. The van der Waals surface area contributed by atoms with Crippen LogP contribution in [0.2, 0.25) is 0 Å². The molecule has 5 heterocycles. The van der Waals surface area contributed by atoms with Gasteiger partial charge in [-0.15, -0.1) is 11.3 Å². The zero-order chi connectivity index (χ0) is 28.6. The van der Waals surface area contributed by atoms with Crippen LogP contribution < -0.4 is 15.0 Å². The lowest BCUT2D eigenvalue weighted by Crippen LogP contribution is -2.48. The van der Waals surface area contributed by atoms with Crippen molar-refractivity contribution in [2.45, 2.75) is 24.4 Å². The lowest BCUT2D eigenvalue weighted by molar-refractivity contribution is 0.0622. The van der Waals surface area contributed by atoms with Crippen molar-refractivity contribution in [2.24, 2.45) is 0 Å². The topological polar surface area (TPSA) is 103 Å². The van der Waals surface area contributed by atoms with Gasteiger partial charge >= 0.3 is 0 Å². The lowest BCUT2D eigenvalue weighted by Gasteiger charge is -2.34. The molecule has 12 heteroatoms. The Labute approximate surface area is 249 Å². The second-order valence-corrected chi connectivity index (χ2v) is 12.0. The summed E-state index contributed by atoms with van der Waals surface area (Å²) in [6.07, 6.45) is 1.42. The van der Waals surface area contributed by atoms with Gasteiger partial charge in [0.05, 0.1) is 16.8 Å². The van der Waals surface area contributed by atoms with Crippen molar-refractivity contribution < 1.29 is 18.7 Å². The maximum atomic E-state index is 13.4. The van der Waals surface area contributed by atoms with Gasteiger partial charge in [0.15, 0.2) is 22.3 Å². The van der Waals surface area contributed by atoms with Gasteiger partial charge < -0.3 is 18.8 Å². The minimum atomic E-state index is -0.146. The summed E-state index contributed by atoms with van der Waals surface area (Å²) in [5.41, 5.74) is 3.08. The molecule has 0 atom stereocenters. The molecular formula is C30H27N5O5S2. The average Bonchev–Trinajstić information content (AvgIpc) is 3.78. The first kappa shape index (κ1) is 26.7. The first-order valence-corrected chi connectivity index (χ1v) is 15.4. The van der Waals surface area contributed by atoms with E-state index in [4.69, 9.17) is 18.9 Å². The zero-order valence-electron chi connectivity index (χ0n) is 22.8. The minimum Gasteiger partial charge on any atom is -0.454 e. The summed E-state index contributed by atoms with van der Waals surface area (Å²) in [5, 5.41) is 3.01. The van der Waals surface area contributed by atoms with Gasteiger partial charge in [0.1, 0.15) is 11.1 Å². The Hall–Kier alpha value is -4.13. The Morgan fingerprint density at radius 1 is 1.02 bits per heavy atom. The highest BCUT2D eigenvalue weighted by Gasteiger charge is 2.25. The summed E-state index contributed by atoms with van der Waals surface area (Å²) >= 11 is 2.79. The van der Waals surface area contributed by atoms with E-state index >= 15 is 0 Å². The Bertz CT molecular complexity index is 1840. The van der Waals surface area contributed by atoms with Gasteiger partial charge in [-0.25, -0.2) is 9.97 Å². The van der Waals surface area contributed by atoms with E-state index in [1.807, 2.05) is 65.7 Å². The van der Waals surface area contributed by atoms with Crippen LogP contribution in [0.1, 0.15) is 27.5 Å². The van der Waals surface area contributed by atoms with E-state index in [2.05, 4.69) is 9.88 Å². The number of piperazine rings is 1. The Balaban J connectivity index is 1.01. The highest BCUT2D eigenvalue weighted by Crippen LogP contribution is 2.33. The number of aromatic nitrogens is 3. The van der Waals surface area contributed by atoms with Crippen molar-refractivity contribution in [1.29, 1.82) is 0 Å². The van der Waals surface area contributed by atoms with E-state index in [1.54, 1.807) is 4.57 Å². The Morgan fingerprint density at radius 3 is 2.71 bits per heavy atom. The van der Waals surface area contributed by atoms with Gasteiger partial charge in [-0.1, -0.05) is 36.0 Å². The van der Waals surface area contributed by atoms with E-state index in [0.717, 1.165) is 47.9 Å². The van der Waals surface area contributed by atoms with Gasteiger partial charge in [-0.3, -0.25) is 19.1 Å². The summed E-state index contributed by atoms with van der Waals surface area (Å²) in [4.78, 5) is 40.7. The number of rotatable bonds is 7. The van der Waals surface area contributed by atoms with Crippen LogP contribution in [0.15, 0.2) is 74.5 Å².